The van der Waals surface area contributed by atoms with E-state index in [2.05, 4.69) is 25.3 Å². The second-order valence-corrected chi connectivity index (χ2v) is 10.5. The van der Waals surface area contributed by atoms with Crippen LogP contribution in [0.3, 0.4) is 0 Å². The summed E-state index contributed by atoms with van der Waals surface area (Å²) in [4.78, 5) is 30.5. The maximum atomic E-state index is 13.9. The molecule has 4 heterocycles. The number of hydrogen-bond acceptors (Lipinski definition) is 8. The van der Waals surface area contributed by atoms with Gasteiger partial charge in [-0.25, -0.2) is 24.7 Å². The number of carbonyl (C=O) groups is 1. The van der Waals surface area contributed by atoms with Crippen LogP contribution in [0.15, 0.2) is 30.9 Å². The second-order valence-electron chi connectivity index (χ2n) is 10.5. The molecule has 1 fully saturated rings. The van der Waals surface area contributed by atoms with Crippen LogP contribution in [-0.4, -0.2) is 60.2 Å². The van der Waals surface area contributed by atoms with Crippen molar-refractivity contribution < 1.29 is 22.7 Å². The molecule has 13 heteroatoms. The standard InChI is InChI=1S/C26H29F3N8O2/c1-15-12-36(24(38)39-25(3,4)5)9-8-18(15)34-23-31-11-17(26(27,28)29)22(35-23)20-13-37(14-32-20)21-7-6-16(2)33-19(21)10-30/h6-7,11,13-15,18H,8-9,12H2,1-5H3,(H,31,34,35)/t15-,18+/m1/s1. The van der Waals surface area contributed by atoms with E-state index in [4.69, 9.17) is 4.74 Å². The molecule has 0 aliphatic carbocycles. The third-order valence-corrected chi connectivity index (χ3v) is 6.19. The summed E-state index contributed by atoms with van der Waals surface area (Å²) >= 11 is 0. The van der Waals surface area contributed by atoms with Crippen molar-refractivity contribution in [3.05, 3.63) is 47.8 Å². The number of nitrogens with one attached hydrogen (secondary N) is 1. The van der Waals surface area contributed by atoms with Crippen molar-refractivity contribution in [1.29, 1.82) is 5.26 Å². The van der Waals surface area contributed by atoms with Crippen LogP contribution in [0.5, 0.6) is 0 Å². The van der Waals surface area contributed by atoms with E-state index in [1.807, 2.05) is 13.0 Å². The van der Waals surface area contributed by atoms with E-state index >= 15 is 0 Å². The van der Waals surface area contributed by atoms with E-state index in [-0.39, 0.29) is 29.3 Å². The van der Waals surface area contributed by atoms with Crippen LogP contribution in [0.1, 0.15) is 51.1 Å². The van der Waals surface area contributed by atoms with Gasteiger partial charge < -0.3 is 19.5 Å². The number of alkyl halides is 3. The fourth-order valence-electron chi connectivity index (χ4n) is 4.29. The first-order valence-corrected chi connectivity index (χ1v) is 12.4. The van der Waals surface area contributed by atoms with Crippen molar-refractivity contribution in [3.8, 4) is 23.1 Å². The number of rotatable bonds is 4. The molecule has 39 heavy (non-hydrogen) atoms. The lowest BCUT2D eigenvalue weighted by Gasteiger charge is -2.37. The topological polar surface area (TPSA) is 122 Å². The van der Waals surface area contributed by atoms with E-state index in [0.29, 0.717) is 30.9 Å². The number of amides is 1. The second kappa shape index (κ2) is 10.5. The molecule has 4 rings (SSSR count). The Bertz CT molecular complexity index is 1410. The van der Waals surface area contributed by atoms with Gasteiger partial charge >= 0.3 is 12.3 Å². The number of pyridine rings is 1. The number of halogens is 3. The fourth-order valence-corrected chi connectivity index (χ4v) is 4.29. The first kappa shape index (κ1) is 27.8. The molecule has 0 bridgehead atoms. The van der Waals surface area contributed by atoms with Gasteiger partial charge in [-0.2, -0.15) is 18.4 Å². The quantitative estimate of drug-likeness (QED) is 0.490. The van der Waals surface area contributed by atoms with E-state index in [0.717, 1.165) is 6.20 Å². The van der Waals surface area contributed by atoms with Crippen molar-refractivity contribution >= 4 is 12.0 Å². The molecule has 1 saturated heterocycles. The maximum Gasteiger partial charge on any atom is 0.420 e. The van der Waals surface area contributed by atoms with Gasteiger partial charge in [-0.05, 0) is 52.2 Å². The van der Waals surface area contributed by atoms with Gasteiger partial charge in [0.15, 0.2) is 5.69 Å². The Morgan fingerprint density at radius 1 is 1.21 bits per heavy atom. The summed E-state index contributed by atoms with van der Waals surface area (Å²) in [5.74, 6) is -0.0249. The molecule has 1 aliphatic rings. The van der Waals surface area contributed by atoms with Crippen molar-refractivity contribution in [2.45, 2.75) is 58.9 Å². The lowest BCUT2D eigenvalue weighted by atomic mass is 9.94. The Kier molecular flexibility index (Phi) is 7.50. The van der Waals surface area contributed by atoms with Crippen LogP contribution < -0.4 is 5.32 Å². The van der Waals surface area contributed by atoms with E-state index < -0.39 is 29.1 Å². The van der Waals surface area contributed by atoms with Gasteiger partial charge in [0.05, 0.1) is 5.69 Å². The molecule has 3 aromatic heterocycles. The predicted molar refractivity (Wildman–Crippen MR) is 136 cm³/mol. The van der Waals surface area contributed by atoms with Crippen molar-refractivity contribution in [2.75, 3.05) is 18.4 Å². The molecule has 10 nitrogen and oxygen atoms in total. The normalized spacial score (nSPS) is 18.0. The molecule has 0 spiro atoms. The van der Waals surface area contributed by atoms with Crippen molar-refractivity contribution in [3.63, 3.8) is 0 Å². The summed E-state index contributed by atoms with van der Waals surface area (Å²) in [5, 5.41) is 12.6. The number of aryl methyl sites for hydroxylation is 1. The molecule has 3 aromatic rings. The van der Waals surface area contributed by atoms with Gasteiger partial charge in [0.2, 0.25) is 5.95 Å². The molecule has 206 valence electrons. The van der Waals surface area contributed by atoms with Crippen LogP contribution in [0.2, 0.25) is 0 Å². The number of piperidine rings is 1. The lowest BCUT2D eigenvalue weighted by molar-refractivity contribution is -0.137. The molecule has 0 aromatic carbocycles. The smallest absolute Gasteiger partial charge is 0.420 e. The summed E-state index contributed by atoms with van der Waals surface area (Å²) in [5.41, 5.74) is -0.943. The SMILES string of the molecule is Cc1ccc(-n2cnc(-c3nc(N[C@H]4CCN(C(=O)OC(C)(C)C)C[C@H]4C)ncc3C(F)(F)F)c2)c(C#N)n1. The van der Waals surface area contributed by atoms with E-state index in [9.17, 15) is 23.2 Å². The summed E-state index contributed by atoms with van der Waals surface area (Å²) in [6.45, 7) is 9.89. The highest BCUT2D eigenvalue weighted by molar-refractivity contribution is 5.68. The number of carbonyl (C=O) groups excluding carboxylic acids is 1. The Labute approximate surface area is 223 Å². The Morgan fingerprint density at radius 3 is 2.59 bits per heavy atom. The van der Waals surface area contributed by atoms with Gasteiger partial charge in [0.25, 0.3) is 0 Å². The van der Waals surface area contributed by atoms with Gasteiger partial charge in [-0.15, -0.1) is 0 Å². The fraction of sp³-hybridized carbons (Fsp3) is 0.462. The molecule has 1 amide bonds. The Hall–Kier alpha value is -4.21. The number of aromatic nitrogens is 5. The zero-order valence-corrected chi connectivity index (χ0v) is 22.2. The van der Waals surface area contributed by atoms with Crippen LogP contribution >= 0.6 is 0 Å². The molecule has 0 unspecified atom stereocenters. The number of likely N-dealkylation sites (tertiary alicyclic amines) is 1. The number of nitriles is 1. The summed E-state index contributed by atoms with van der Waals surface area (Å²) < 4.78 is 48.5. The largest absolute Gasteiger partial charge is 0.444 e. The van der Waals surface area contributed by atoms with Crippen molar-refractivity contribution in [2.24, 2.45) is 5.92 Å². The summed E-state index contributed by atoms with van der Waals surface area (Å²) in [6.07, 6.45) is -1.17. The minimum absolute atomic E-state index is 0.0184. The molecule has 1 N–H and O–H groups in total. The minimum Gasteiger partial charge on any atom is -0.444 e. The van der Waals surface area contributed by atoms with Crippen molar-refractivity contribution in [1.82, 2.24) is 29.4 Å². The molecule has 0 saturated carbocycles. The number of imidazole rings is 1. The van der Waals surface area contributed by atoms with Crippen LogP contribution in [0.4, 0.5) is 23.9 Å². The van der Waals surface area contributed by atoms with E-state index in [1.165, 1.54) is 17.1 Å². The lowest BCUT2D eigenvalue weighted by Crippen LogP contribution is -2.49. The number of hydrogen-bond donors (Lipinski definition) is 1. The summed E-state index contributed by atoms with van der Waals surface area (Å²) in [6, 6.07) is 5.15. The molecular weight excluding hydrogens is 513 g/mol. The average Bonchev–Trinajstić information content (AvgIpc) is 3.33. The molecule has 2 atom stereocenters. The number of anilines is 1. The third kappa shape index (κ3) is 6.45. The van der Waals surface area contributed by atoms with Gasteiger partial charge in [-0.3, -0.25) is 0 Å². The Morgan fingerprint density at radius 2 is 1.95 bits per heavy atom. The van der Waals surface area contributed by atoms with Crippen LogP contribution in [-0.2, 0) is 10.9 Å². The highest BCUT2D eigenvalue weighted by Gasteiger charge is 2.37. The highest BCUT2D eigenvalue weighted by Crippen LogP contribution is 2.36. The predicted octanol–water partition coefficient (Wildman–Crippen LogP) is 4.98. The maximum absolute atomic E-state index is 13.9. The Balaban J connectivity index is 1.58. The zero-order valence-electron chi connectivity index (χ0n) is 22.2. The molecular formula is C26H29F3N8O2. The first-order chi connectivity index (χ1) is 18.2. The average molecular weight is 543 g/mol. The van der Waals surface area contributed by atoms with Gasteiger partial charge in [0.1, 0.15) is 34.9 Å². The third-order valence-electron chi connectivity index (χ3n) is 6.19. The summed E-state index contributed by atoms with van der Waals surface area (Å²) in [7, 11) is 0. The van der Waals surface area contributed by atoms with E-state index in [1.54, 1.807) is 44.7 Å². The number of ether oxygens (including phenoxy) is 1. The van der Waals surface area contributed by atoms with Crippen LogP contribution in [0, 0.1) is 24.2 Å². The van der Waals surface area contributed by atoms with Gasteiger partial charge in [0, 0.05) is 37.2 Å². The number of nitrogens with zero attached hydrogens (tertiary/aromatic N) is 7. The molecule has 0 radical (unpaired) electrons. The highest BCUT2D eigenvalue weighted by atomic mass is 19.4. The minimum atomic E-state index is -4.72. The molecule has 1 aliphatic heterocycles. The first-order valence-electron chi connectivity index (χ1n) is 12.4. The zero-order chi connectivity index (χ0) is 28.5. The monoisotopic (exact) mass is 542 g/mol. The van der Waals surface area contributed by atoms with Gasteiger partial charge in [-0.1, -0.05) is 6.92 Å². The van der Waals surface area contributed by atoms with Crippen LogP contribution in [0.25, 0.3) is 17.1 Å².